The van der Waals surface area contributed by atoms with E-state index >= 15 is 0 Å². The van der Waals surface area contributed by atoms with Crippen molar-refractivity contribution in [2.45, 2.75) is 57.3 Å². The summed E-state index contributed by atoms with van der Waals surface area (Å²) in [4.78, 5) is 25.9. The summed E-state index contributed by atoms with van der Waals surface area (Å²) in [7, 11) is 1.59. The minimum Gasteiger partial charge on any atom is -0.497 e. The molecule has 1 saturated heterocycles. The van der Waals surface area contributed by atoms with Gasteiger partial charge in [-0.25, -0.2) is 4.79 Å². The maximum atomic E-state index is 13.0. The molecule has 5 nitrogen and oxygen atoms in total. The van der Waals surface area contributed by atoms with Crippen LogP contribution in [0.25, 0.3) is 5.57 Å². The molecule has 0 aromatic heterocycles. The van der Waals surface area contributed by atoms with E-state index in [1.807, 2.05) is 25.1 Å². The highest BCUT2D eigenvalue weighted by Gasteiger charge is 2.62. The highest BCUT2D eigenvalue weighted by atomic mass is 16.6. The summed E-state index contributed by atoms with van der Waals surface area (Å²) in [6, 6.07) is 7.26. The van der Waals surface area contributed by atoms with Crippen LogP contribution in [0.3, 0.4) is 0 Å². The first-order valence-corrected chi connectivity index (χ1v) is 8.44. The third-order valence-corrected chi connectivity index (χ3v) is 4.54. The number of ketones is 1. The molecule has 1 aromatic carbocycles. The standard InChI is InChI=1S/C20H24O5/c1-18(2,3)24-17(22)20-15(13-6-8-14(23-5)9-7-13)12-19(4,25-20)11-10-16(20)21/h6-9,12H,10-11H2,1-5H3. The Morgan fingerprint density at radius 1 is 1.20 bits per heavy atom. The number of carbonyl (C=O) groups is 2. The van der Waals surface area contributed by atoms with E-state index in [0.29, 0.717) is 17.7 Å². The van der Waals surface area contributed by atoms with Gasteiger partial charge in [0.25, 0.3) is 0 Å². The van der Waals surface area contributed by atoms with Gasteiger partial charge in [0.15, 0.2) is 5.78 Å². The Bertz CT molecular complexity index is 740. The highest BCUT2D eigenvalue weighted by Crippen LogP contribution is 2.50. The normalized spacial score (nSPS) is 28.5. The van der Waals surface area contributed by atoms with Crippen molar-refractivity contribution in [1.29, 1.82) is 0 Å². The number of Topliss-reactive ketones (excluding diaryl/α,β-unsaturated/α-hetero) is 1. The molecule has 0 radical (unpaired) electrons. The van der Waals surface area contributed by atoms with Crippen molar-refractivity contribution in [3.05, 3.63) is 35.9 Å². The molecule has 1 aromatic rings. The quantitative estimate of drug-likeness (QED) is 0.622. The van der Waals surface area contributed by atoms with Gasteiger partial charge >= 0.3 is 5.97 Å². The van der Waals surface area contributed by atoms with Crippen LogP contribution in [0.15, 0.2) is 30.3 Å². The summed E-state index contributed by atoms with van der Waals surface area (Å²) in [5.41, 5.74) is -1.73. The van der Waals surface area contributed by atoms with Crippen molar-refractivity contribution >= 4 is 17.3 Å². The fraction of sp³-hybridized carbons (Fsp3) is 0.500. The Morgan fingerprint density at radius 2 is 1.84 bits per heavy atom. The van der Waals surface area contributed by atoms with Crippen LogP contribution >= 0.6 is 0 Å². The maximum absolute atomic E-state index is 13.0. The fourth-order valence-electron chi connectivity index (χ4n) is 3.38. The number of rotatable bonds is 3. The second-order valence-corrected chi connectivity index (χ2v) is 7.81. The predicted octanol–water partition coefficient (Wildman–Crippen LogP) is 3.31. The molecule has 0 N–H and O–H groups in total. The maximum Gasteiger partial charge on any atom is 0.351 e. The Hall–Kier alpha value is -2.14. The minimum absolute atomic E-state index is 0.251. The highest BCUT2D eigenvalue weighted by molar-refractivity contribution is 6.20. The molecule has 5 heteroatoms. The van der Waals surface area contributed by atoms with E-state index in [1.165, 1.54) is 0 Å². The van der Waals surface area contributed by atoms with Gasteiger partial charge in [0.05, 0.1) is 12.7 Å². The molecule has 0 amide bonds. The predicted molar refractivity (Wildman–Crippen MR) is 93.3 cm³/mol. The molecule has 0 spiro atoms. The fourth-order valence-corrected chi connectivity index (χ4v) is 3.38. The van der Waals surface area contributed by atoms with E-state index in [4.69, 9.17) is 14.2 Å². The monoisotopic (exact) mass is 344 g/mol. The summed E-state index contributed by atoms with van der Waals surface area (Å²) < 4.78 is 16.8. The number of ether oxygens (including phenoxy) is 3. The SMILES string of the molecule is COc1ccc(C2=CC3(C)CCC(=O)C2(C(=O)OC(C)(C)C)O3)cc1. The van der Waals surface area contributed by atoms with Gasteiger partial charge in [-0.05, 0) is 57.9 Å². The number of esters is 1. The molecule has 2 atom stereocenters. The molecule has 2 aliphatic rings. The van der Waals surface area contributed by atoms with E-state index < -0.39 is 22.8 Å². The Labute approximate surface area is 148 Å². The van der Waals surface area contributed by atoms with E-state index in [0.717, 1.165) is 5.56 Å². The molecular weight excluding hydrogens is 320 g/mol. The second-order valence-electron chi connectivity index (χ2n) is 7.81. The first-order chi connectivity index (χ1) is 11.6. The zero-order chi connectivity index (χ0) is 18.5. The van der Waals surface area contributed by atoms with Crippen LogP contribution in [0.5, 0.6) is 5.75 Å². The van der Waals surface area contributed by atoms with E-state index in [-0.39, 0.29) is 12.2 Å². The molecule has 2 heterocycles. The molecule has 0 aliphatic carbocycles. The third-order valence-electron chi connectivity index (χ3n) is 4.54. The Kier molecular flexibility index (Phi) is 4.03. The topological polar surface area (TPSA) is 61.8 Å². The number of hydrogen-bond donors (Lipinski definition) is 0. The van der Waals surface area contributed by atoms with E-state index in [9.17, 15) is 9.59 Å². The summed E-state index contributed by atoms with van der Waals surface area (Å²) in [5.74, 6) is -0.190. The van der Waals surface area contributed by atoms with Crippen LogP contribution in [0, 0.1) is 0 Å². The van der Waals surface area contributed by atoms with Crippen molar-refractivity contribution in [1.82, 2.24) is 0 Å². The van der Waals surface area contributed by atoms with Crippen molar-refractivity contribution < 1.29 is 23.8 Å². The van der Waals surface area contributed by atoms with Crippen LogP contribution in [-0.2, 0) is 19.1 Å². The van der Waals surface area contributed by atoms with Gasteiger partial charge in [-0.15, -0.1) is 0 Å². The lowest BCUT2D eigenvalue weighted by molar-refractivity contribution is -0.192. The molecule has 0 saturated carbocycles. The molecule has 2 aliphatic heterocycles. The van der Waals surface area contributed by atoms with Gasteiger partial charge in [-0.3, -0.25) is 4.79 Å². The third kappa shape index (κ3) is 2.97. The van der Waals surface area contributed by atoms with Crippen LogP contribution in [0.1, 0.15) is 46.1 Å². The van der Waals surface area contributed by atoms with Crippen LogP contribution < -0.4 is 4.74 Å². The molecule has 1 fully saturated rings. The number of fused-ring (bicyclic) bond motifs is 2. The van der Waals surface area contributed by atoms with Crippen LogP contribution in [0.4, 0.5) is 0 Å². The van der Waals surface area contributed by atoms with Crippen molar-refractivity contribution in [3.8, 4) is 5.75 Å². The van der Waals surface area contributed by atoms with E-state index in [1.54, 1.807) is 40.0 Å². The van der Waals surface area contributed by atoms with Gasteiger partial charge in [0.2, 0.25) is 5.60 Å². The minimum atomic E-state index is -1.69. The smallest absolute Gasteiger partial charge is 0.351 e. The van der Waals surface area contributed by atoms with Crippen LogP contribution in [-0.4, -0.2) is 35.7 Å². The van der Waals surface area contributed by atoms with Crippen molar-refractivity contribution in [3.63, 3.8) is 0 Å². The first-order valence-electron chi connectivity index (χ1n) is 8.44. The lowest BCUT2D eigenvalue weighted by atomic mass is 9.84. The largest absolute Gasteiger partial charge is 0.497 e. The number of benzene rings is 1. The van der Waals surface area contributed by atoms with Crippen LogP contribution in [0.2, 0.25) is 0 Å². The van der Waals surface area contributed by atoms with Gasteiger partial charge in [0.1, 0.15) is 11.4 Å². The van der Waals surface area contributed by atoms with Gasteiger partial charge < -0.3 is 14.2 Å². The average molecular weight is 344 g/mol. The van der Waals surface area contributed by atoms with E-state index in [2.05, 4.69) is 0 Å². The van der Waals surface area contributed by atoms with Gasteiger partial charge in [-0.1, -0.05) is 12.1 Å². The summed E-state index contributed by atoms with van der Waals surface area (Å²) in [6.07, 6.45) is 2.73. The lowest BCUT2D eigenvalue weighted by Crippen LogP contribution is -2.55. The van der Waals surface area contributed by atoms with Crippen molar-refractivity contribution in [2.24, 2.45) is 0 Å². The molecule has 25 heavy (non-hydrogen) atoms. The average Bonchev–Trinajstić information content (AvgIpc) is 2.81. The van der Waals surface area contributed by atoms with Gasteiger partial charge in [-0.2, -0.15) is 0 Å². The molecule has 3 rings (SSSR count). The second kappa shape index (κ2) is 5.70. The zero-order valence-corrected chi connectivity index (χ0v) is 15.3. The van der Waals surface area contributed by atoms with Crippen molar-refractivity contribution in [2.75, 3.05) is 7.11 Å². The number of hydrogen-bond acceptors (Lipinski definition) is 5. The van der Waals surface area contributed by atoms with Gasteiger partial charge in [0, 0.05) is 12.0 Å². The summed E-state index contributed by atoms with van der Waals surface area (Å²) in [5, 5.41) is 0. The Balaban J connectivity index is 2.09. The molecule has 2 unspecified atom stereocenters. The first kappa shape index (κ1) is 17.7. The molecule has 2 bridgehead atoms. The molecule has 134 valence electrons. The lowest BCUT2D eigenvalue weighted by Gasteiger charge is -2.38. The Morgan fingerprint density at radius 3 is 2.40 bits per heavy atom. The summed E-state index contributed by atoms with van der Waals surface area (Å²) >= 11 is 0. The number of carbonyl (C=O) groups excluding carboxylic acids is 2. The summed E-state index contributed by atoms with van der Waals surface area (Å²) in [6.45, 7) is 7.23. The number of methoxy groups -OCH3 is 1. The molecular formula is C20H24O5. The zero-order valence-electron chi connectivity index (χ0n) is 15.3.